The summed E-state index contributed by atoms with van der Waals surface area (Å²) in [6.07, 6.45) is 5.70. The zero-order valence-corrected chi connectivity index (χ0v) is 10.2. The minimum Gasteiger partial charge on any atom is -0.378 e. The number of Topliss-reactive ketones (excluding diaryl/α,β-unsaturated/α-hetero) is 1. The van der Waals surface area contributed by atoms with Gasteiger partial charge in [0, 0.05) is 32.5 Å². The molecular formula is C13H22O3. The quantitative estimate of drug-likeness (QED) is 0.738. The summed E-state index contributed by atoms with van der Waals surface area (Å²) >= 11 is 0. The topological polar surface area (TPSA) is 35.5 Å². The molecule has 0 N–H and O–H groups in total. The first-order valence-corrected chi connectivity index (χ1v) is 6.47. The molecule has 0 radical (unpaired) electrons. The molecule has 0 amide bonds. The van der Waals surface area contributed by atoms with Gasteiger partial charge in [0.15, 0.2) is 0 Å². The van der Waals surface area contributed by atoms with E-state index < -0.39 is 0 Å². The highest BCUT2D eigenvalue weighted by Crippen LogP contribution is 2.37. The number of rotatable bonds is 4. The molecule has 0 aromatic heterocycles. The van der Waals surface area contributed by atoms with E-state index in [0.717, 1.165) is 51.9 Å². The second-order valence-electron chi connectivity index (χ2n) is 5.12. The maximum atomic E-state index is 11.3. The molecule has 3 nitrogen and oxygen atoms in total. The van der Waals surface area contributed by atoms with Gasteiger partial charge in [-0.05, 0) is 25.2 Å². The summed E-state index contributed by atoms with van der Waals surface area (Å²) in [5.74, 6) is 1.05. The highest BCUT2D eigenvalue weighted by molar-refractivity contribution is 5.77. The Hall–Kier alpha value is -0.410. The van der Waals surface area contributed by atoms with Crippen LogP contribution in [0.1, 0.15) is 45.4 Å². The van der Waals surface area contributed by atoms with Crippen LogP contribution in [0.4, 0.5) is 0 Å². The largest absolute Gasteiger partial charge is 0.378 e. The zero-order valence-electron chi connectivity index (χ0n) is 10.2. The first kappa shape index (κ1) is 12.1. The van der Waals surface area contributed by atoms with Gasteiger partial charge >= 0.3 is 0 Å². The van der Waals surface area contributed by atoms with Gasteiger partial charge in [-0.2, -0.15) is 0 Å². The van der Waals surface area contributed by atoms with Crippen molar-refractivity contribution in [3.8, 4) is 0 Å². The molecule has 92 valence electrons. The first-order chi connectivity index (χ1) is 7.74. The molecular weight excluding hydrogens is 204 g/mol. The summed E-state index contributed by atoms with van der Waals surface area (Å²) in [4.78, 5) is 11.3. The van der Waals surface area contributed by atoms with Crippen molar-refractivity contribution in [2.45, 2.75) is 51.0 Å². The Bertz CT molecular complexity index is 244. The van der Waals surface area contributed by atoms with Crippen molar-refractivity contribution in [3.05, 3.63) is 0 Å². The Balaban J connectivity index is 1.80. The van der Waals surface area contributed by atoms with Crippen molar-refractivity contribution in [2.24, 2.45) is 5.92 Å². The molecule has 1 spiro atoms. The van der Waals surface area contributed by atoms with Crippen molar-refractivity contribution < 1.29 is 14.3 Å². The Kier molecular flexibility index (Phi) is 3.98. The van der Waals surface area contributed by atoms with E-state index >= 15 is 0 Å². The molecule has 2 rings (SSSR count). The van der Waals surface area contributed by atoms with Crippen LogP contribution >= 0.6 is 0 Å². The first-order valence-electron chi connectivity index (χ1n) is 6.47. The van der Waals surface area contributed by atoms with Crippen LogP contribution in [-0.4, -0.2) is 31.2 Å². The third-order valence-corrected chi connectivity index (χ3v) is 3.89. The Morgan fingerprint density at radius 1 is 1.44 bits per heavy atom. The van der Waals surface area contributed by atoms with Gasteiger partial charge in [-0.1, -0.05) is 6.92 Å². The van der Waals surface area contributed by atoms with Crippen molar-refractivity contribution in [2.75, 3.05) is 19.8 Å². The minimum atomic E-state index is -0.00181. The fourth-order valence-electron chi connectivity index (χ4n) is 2.78. The second kappa shape index (κ2) is 5.28. The van der Waals surface area contributed by atoms with E-state index in [0.29, 0.717) is 18.1 Å². The van der Waals surface area contributed by atoms with Gasteiger partial charge in [0.2, 0.25) is 0 Å². The molecule has 0 saturated carbocycles. The Labute approximate surface area is 97.5 Å². The van der Waals surface area contributed by atoms with Gasteiger partial charge in [0.05, 0.1) is 12.2 Å². The highest BCUT2D eigenvalue weighted by Gasteiger charge is 2.40. The smallest absolute Gasteiger partial charge is 0.132 e. The van der Waals surface area contributed by atoms with Crippen LogP contribution in [0, 0.1) is 5.92 Å². The lowest BCUT2D eigenvalue weighted by molar-refractivity contribution is -0.120. The summed E-state index contributed by atoms with van der Waals surface area (Å²) < 4.78 is 11.3. The SMILES string of the molecule is CCC(=O)CCC1CCOC2(CCOC2)C1. The van der Waals surface area contributed by atoms with Crippen LogP contribution < -0.4 is 0 Å². The number of ketones is 1. The molecule has 2 aliphatic heterocycles. The monoisotopic (exact) mass is 226 g/mol. The highest BCUT2D eigenvalue weighted by atomic mass is 16.6. The van der Waals surface area contributed by atoms with E-state index in [1.807, 2.05) is 6.92 Å². The number of ether oxygens (including phenoxy) is 2. The number of carbonyl (C=O) groups excluding carboxylic acids is 1. The van der Waals surface area contributed by atoms with E-state index in [9.17, 15) is 4.79 Å². The number of carbonyl (C=O) groups is 1. The van der Waals surface area contributed by atoms with Crippen LogP contribution in [0.15, 0.2) is 0 Å². The molecule has 3 heteroatoms. The van der Waals surface area contributed by atoms with Crippen molar-refractivity contribution in [3.63, 3.8) is 0 Å². The Morgan fingerprint density at radius 2 is 2.31 bits per heavy atom. The lowest BCUT2D eigenvalue weighted by atomic mass is 9.82. The van der Waals surface area contributed by atoms with Crippen LogP contribution in [-0.2, 0) is 14.3 Å². The van der Waals surface area contributed by atoms with Gasteiger partial charge in [-0.15, -0.1) is 0 Å². The summed E-state index contributed by atoms with van der Waals surface area (Å²) in [6.45, 7) is 4.37. The molecule has 2 saturated heterocycles. The molecule has 2 atom stereocenters. The normalized spacial score (nSPS) is 34.4. The van der Waals surface area contributed by atoms with E-state index in [4.69, 9.17) is 9.47 Å². The molecule has 0 bridgehead atoms. The molecule has 2 unspecified atom stereocenters. The molecule has 0 aromatic carbocycles. The van der Waals surface area contributed by atoms with Gasteiger partial charge < -0.3 is 9.47 Å². The van der Waals surface area contributed by atoms with Gasteiger partial charge in [-0.25, -0.2) is 0 Å². The maximum Gasteiger partial charge on any atom is 0.132 e. The number of hydrogen-bond donors (Lipinski definition) is 0. The molecule has 0 aliphatic carbocycles. The van der Waals surface area contributed by atoms with Crippen LogP contribution in [0.3, 0.4) is 0 Å². The zero-order chi connectivity index (χ0) is 11.4. The lowest BCUT2D eigenvalue weighted by Crippen LogP contribution is -2.40. The maximum absolute atomic E-state index is 11.3. The van der Waals surface area contributed by atoms with Crippen LogP contribution in [0.5, 0.6) is 0 Å². The molecule has 16 heavy (non-hydrogen) atoms. The lowest BCUT2D eigenvalue weighted by Gasteiger charge is -2.37. The second-order valence-corrected chi connectivity index (χ2v) is 5.12. The van der Waals surface area contributed by atoms with Crippen LogP contribution in [0.25, 0.3) is 0 Å². The summed E-state index contributed by atoms with van der Waals surface area (Å²) in [5, 5.41) is 0. The van der Waals surface area contributed by atoms with E-state index in [1.54, 1.807) is 0 Å². The van der Waals surface area contributed by atoms with Gasteiger partial charge in [-0.3, -0.25) is 4.79 Å². The van der Waals surface area contributed by atoms with Crippen molar-refractivity contribution in [1.82, 2.24) is 0 Å². The predicted octanol–water partition coefficient (Wildman–Crippen LogP) is 2.33. The van der Waals surface area contributed by atoms with E-state index in [1.165, 1.54) is 0 Å². The minimum absolute atomic E-state index is 0.00181. The third-order valence-electron chi connectivity index (χ3n) is 3.89. The average Bonchev–Trinajstić information content (AvgIpc) is 2.74. The van der Waals surface area contributed by atoms with Gasteiger partial charge in [0.25, 0.3) is 0 Å². The van der Waals surface area contributed by atoms with Gasteiger partial charge in [0.1, 0.15) is 5.78 Å². The fraction of sp³-hybridized carbons (Fsp3) is 0.923. The molecule has 2 heterocycles. The summed E-state index contributed by atoms with van der Waals surface area (Å²) in [7, 11) is 0. The third kappa shape index (κ3) is 2.83. The molecule has 2 aliphatic rings. The Morgan fingerprint density at radius 3 is 3.00 bits per heavy atom. The van der Waals surface area contributed by atoms with Crippen molar-refractivity contribution in [1.29, 1.82) is 0 Å². The average molecular weight is 226 g/mol. The summed E-state index contributed by atoms with van der Waals surface area (Å²) in [6, 6.07) is 0. The predicted molar refractivity (Wildman–Crippen MR) is 61.4 cm³/mol. The molecule has 2 fully saturated rings. The van der Waals surface area contributed by atoms with Crippen molar-refractivity contribution >= 4 is 5.78 Å². The van der Waals surface area contributed by atoms with Crippen LogP contribution in [0.2, 0.25) is 0 Å². The van der Waals surface area contributed by atoms with E-state index in [-0.39, 0.29) is 5.60 Å². The fourth-order valence-corrected chi connectivity index (χ4v) is 2.78. The molecule has 0 aromatic rings. The number of hydrogen-bond acceptors (Lipinski definition) is 3. The standard InChI is InChI=1S/C13H22O3/c1-2-12(14)4-3-11-5-7-16-13(9-11)6-8-15-10-13/h11H,2-10H2,1H3. The summed E-state index contributed by atoms with van der Waals surface area (Å²) in [5.41, 5.74) is -0.00181. The van der Waals surface area contributed by atoms with E-state index in [2.05, 4.69) is 0 Å².